The average molecular weight is 445 g/mol. The molecule has 0 amide bonds. The zero-order chi connectivity index (χ0) is 0. The molecule has 0 N–H and O–H groups in total. The molecule has 0 aliphatic heterocycles. The Morgan fingerprint density at radius 1 is 0.167 bits per heavy atom. The molecule has 0 bridgehead atoms. The van der Waals surface area contributed by atoms with E-state index in [1.54, 1.807) is 0 Å². The van der Waals surface area contributed by atoms with Gasteiger partial charge in [-0.25, -0.2) is 0 Å². The first-order valence-corrected chi connectivity index (χ1v) is 0. The van der Waals surface area contributed by atoms with Crippen molar-refractivity contribution in [3.8, 4) is 0 Å². The zero-order valence-electron chi connectivity index (χ0n) is 4.08. The van der Waals surface area contributed by atoms with Gasteiger partial charge in [0.1, 0.15) is 0 Å². The van der Waals surface area contributed by atoms with Gasteiger partial charge in [-0.05, 0) is 0 Å². The van der Waals surface area contributed by atoms with Crippen molar-refractivity contribution in [1.82, 2.24) is 0 Å². The molecule has 0 aromatic rings. The van der Waals surface area contributed by atoms with Gasteiger partial charge in [-0.1, -0.05) is 0 Å². The molecule has 0 rings (SSSR count). The molecule has 0 saturated carbocycles. The van der Waals surface area contributed by atoms with Crippen LogP contribution in [0, 0.1) is 0 Å². The summed E-state index contributed by atoms with van der Waals surface area (Å²) in [4.78, 5) is 0. The normalized spacial score (nSPS) is 0. The summed E-state index contributed by atoms with van der Waals surface area (Å²) in [7, 11) is 0. The van der Waals surface area contributed by atoms with E-state index in [1.807, 2.05) is 0 Å². The van der Waals surface area contributed by atoms with Crippen LogP contribution in [0.15, 0.2) is 0 Å². The van der Waals surface area contributed by atoms with Gasteiger partial charge < -0.3 is 0 Å². The van der Waals surface area contributed by atoms with Gasteiger partial charge >= 0.3 is 103 Å². The van der Waals surface area contributed by atoms with Crippen LogP contribution in [0.1, 0.15) is 0 Å². The van der Waals surface area contributed by atoms with E-state index in [-0.39, 0.29) is 227 Å². The summed E-state index contributed by atoms with van der Waals surface area (Å²) in [6.45, 7) is 0. The molecule has 84 valence electrons. The van der Waals surface area contributed by atoms with Crippen molar-refractivity contribution < 1.29 is 0 Å². The SMILES string of the molecule is Cl.Cl.Cl.Cl.Cl.Cl.Cl.Cl.Cl.Cl.[KH].[KH]. The molecule has 12 heteroatoms. The monoisotopic (exact) mass is 440 g/mol. The summed E-state index contributed by atoms with van der Waals surface area (Å²) in [5.41, 5.74) is 0. The first-order valence-electron chi connectivity index (χ1n) is 0. The van der Waals surface area contributed by atoms with Crippen molar-refractivity contribution in [3.63, 3.8) is 0 Å². The molecular weight excluding hydrogens is 433 g/mol. The van der Waals surface area contributed by atoms with Gasteiger partial charge in [0, 0.05) is 0 Å². The molecule has 0 aliphatic rings. The summed E-state index contributed by atoms with van der Waals surface area (Å²) in [5.74, 6) is 0. The maximum absolute atomic E-state index is 0. The Morgan fingerprint density at radius 2 is 0.167 bits per heavy atom. The Morgan fingerprint density at radius 3 is 0.167 bits per heavy atom. The van der Waals surface area contributed by atoms with Crippen molar-refractivity contribution >= 4 is 227 Å². The van der Waals surface area contributed by atoms with Gasteiger partial charge in [0.05, 0.1) is 0 Å². The van der Waals surface area contributed by atoms with Gasteiger partial charge in [0.25, 0.3) is 0 Å². The molecule has 0 fully saturated rings. The molecule has 0 spiro atoms. The van der Waals surface area contributed by atoms with E-state index in [9.17, 15) is 0 Å². The summed E-state index contributed by atoms with van der Waals surface area (Å²) >= 11 is 0. The maximum atomic E-state index is 0. The molecule has 0 aromatic heterocycles. The fraction of sp³-hybridized carbons (Fsp3) is 0. The standard InChI is InChI=1S/10ClH.2K.2H/h10*1H;;;;. The Balaban J connectivity index is 0. The van der Waals surface area contributed by atoms with Crippen LogP contribution in [-0.2, 0) is 0 Å². The Bertz CT molecular complexity index is 7.80. The quantitative estimate of drug-likeness (QED) is 0.504. The average Bonchev–Trinajstić information content (AvgIpc) is 0. The summed E-state index contributed by atoms with van der Waals surface area (Å²) in [6, 6.07) is 0. The molecule has 0 radical (unpaired) electrons. The topological polar surface area (TPSA) is 0 Å². The van der Waals surface area contributed by atoms with Crippen LogP contribution in [0.5, 0.6) is 0 Å². The predicted octanol–water partition coefficient (Wildman–Crippen LogP) is 2.92. The van der Waals surface area contributed by atoms with Crippen LogP contribution in [0.2, 0.25) is 0 Å². The van der Waals surface area contributed by atoms with Gasteiger partial charge in [-0.3, -0.25) is 0 Å². The van der Waals surface area contributed by atoms with E-state index in [0.717, 1.165) is 0 Å². The van der Waals surface area contributed by atoms with Gasteiger partial charge in [-0.2, -0.15) is 0 Å². The summed E-state index contributed by atoms with van der Waals surface area (Å²) in [5, 5.41) is 0. The number of halogens is 10. The Kier molecular flexibility index (Phi) is 1380. The van der Waals surface area contributed by atoms with Crippen molar-refractivity contribution in [3.05, 3.63) is 0 Å². The fourth-order valence-corrected chi connectivity index (χ4v) is 0. The third-order valence-corrected chi connectivity index (χ3v) is 0. The molecule has 0 heterocycles. The van der Waals surface area contributed by atoms with Crippen LogP contribution in [-0.4, -0.2) is 103 Å². The predicted molar refractivity (Wildman–Crippen MR) is 86.8 cm³/mol. The summed E-state index contributed by atoms with van der Waals surface area (Å²) in [6.07, 6.45) is 0. The van der Waals surface area contributed by atoms with E-state index in [2.05, 4.69) is 0 Å². The van der Waals surface area contributed by atoms with Crippen molar-refractivity contribution in [2.45, 2.75) is 0 Å². The molecule has 0 nitrogen and oxygen atoms in total. The second-order valence-electron chi connectivity index (χ2n) is 0. The van der Waals surface area contributed by atoms with E-state index in [1.165, 1.54) is 0 Å². The second-order valence-corrected chi connectivity index (χ2v) is 0. The van der Waals surface area contributed by atoms with Gasteiger partial charge in [0.15, 0.2) is 0 Å². The third kappa shape index (κ3) is 97.7. The van der Waals surface area contributed by atoms with Crippen LogP contribution in [0.4, 0.5) is 0 Å². The van der Waals surface area contributed by atoms with E-state index >= 15 is 0 Å². The van der Waals surface area contributed by atoms with Gasteiger partial charge in [0.2, 0.25) is 0 Å². The van der Waals surface area contributed by atoms with Crippen molar-refractivity contribution in [2.75, 3.05) is 0 Å². The zero-order valence-corrected chi connectivity index (χ0v) is 12.2. The Hall–Kier alpha value is 6.17. The molecule has 0 saturated heterocycles. The first-order chi connectivity index (χ1) is 0. The van der Waals surface area contributed by atoms with Crippen LogP contribution in [0.25, 0.3) is 0 Å². The van der Waals surface area contributed by atoms with E-state index in [0.29, 0.717) is 0 Å². The second kappa shape index (κ2) is 118. The first kappa shape index (κ1) is 141. The van der Waals surface area contributed by atoms with Crippen molar-refractivity contribution in [2.24, 2.45) is 0 Å². The van der Waals surface area contributed by atoms with Crippen LogP contribution in [0.3, 0.4) is 0 Å². The molecule has 0 aliphatic carbocycles. The molecule has 0 aromatic carbocycles. The number of rotatable bonds is 0. The minimum atomic E-state index is 0. The van der Waals surface area contributed by atoms with E-state index in [4.69, 9.17) is 0 Å². The summed E-state index contributed by atoms with van der Waals surface area (Å²) < 4.78 is 0. The minimum absolute atomic E-state index is 0. The number of hydrogen-bond donors (Lipinski definition) is 0. The van der Waals surface area contributed by atoms with Crippen LogP contribution < -0.4 is 0 Å². The third-order valence-electron chi connectivity index (χ3n) is 0. The van der Waals surface area contributed by atoms with E-state index < -0.39 is 0 Å². The fourth-order valence-electron chi connectivity index (χ4n) is 0. The number of hydrogen-bond acceptors (Lipinski definition) is 0. The molecule has 0 unspecified atom stereocenters. The van der Waals surface area contributed by atoms with Gasteiger partial charge in [-0.15, -0.1) is 124 Å². The molecule has 0 atom stereocenters. The molecular formula is H12Cl10K2. The van der Waals surface area contributed by atoms with Crippen LogP contribution >= 0.6 is 124 Å². The molecule has 12 heavy (non-hydrogen) atoms. The van der Waals surface area contributed by atoms with Crippen molar-refractivity contribution in [1.29, 1.82) is 0 Å². The Labute approximate surface area is 221 Å².